The summed E-state index contributed by atoms with van der Waals surface area (Å²) in [7, 11) is -0.357. The smallest absolute Gasteiger partial charge is 0.248 e. The lowest BCUT2D eigenvalue weighted by Gasteiger charge is -2.37. The van der Waals surface area contributed by atoms with E-state index in [2.05, 4.69) is 4.90 Å². The van der Waals surface area contributed by atoms with Gasteiger partial charge < -0.3 is 24.0 Å². The lowest BCUT2D eigenvalue weighted by Crippen LogP contribution is -2.50. The number of hydrogen-bond acceptors (Lipinski definition) is 7. The summed E-state index contributed by atoms with van der Waals surface area (Å²) in [6.45, 7) is 14.6. The molecule has 1 aromatic carbocycles. The van der Waals surface area contributed by atoms with Crippen molar-refractivity contribution >= 4 is 15.9 Å². The number of carbonyl (C=O) groups is 1. The minimum atomic E-state index is -3.52. The number of amides is 1. The maximum absolute atomic E-state index is 12.9. The number of aryl methyl sites for hydroxylation is 2. The predicted octanol–water partition coefficient (Wildman–Crippen LogP) is 4.25. The van der Waals surface area contributed by atoms with Crippen molar-refractivity contribution in [3.8, 4) is 5.75 Å². The first kappa shape index (κ1) is 33.8. The number of ether oxygens (including phenoxy) is 3. The van der Waals surface area contributed by atoms with Gasteiger partial charge in [0.1, 0.15) is 12.4 Å². The fourth-order valence-electron chi connectivity index (χ4n) is 6.22. The zero-order valence-corrected chi connectivity index (χ0v) is 27.1. The van der Waals surface area contributed by atoms with E-state index in [0.717, 1.165) is 19.0 Å². The number of sulfonamides is 1. The molecule has 0 radical (unpaired) electrons. The number of piperidine rings is 2. The molecule has 3 aliphatic rings. The molecule has 41 heavy (non-hydrogen) atoms. The van der Waals surface area contributed by atoms with Crippen molar-refractivity contribution in [1.29, 1.82) is 0 Å². The van der Waals surface area contributed by atoms with Gasteiger partial charge in [-0.3, -0.25) is 4.79 Å². The summed E-state index contributed by atoms with van der Waals surface area (Å²) in [5.74, 6) is 1.65. The van der Waals surface area contributed by atoms with Crippen molar-refractivity contribution in [2.45, 2.75) is 83.1 Å². The van der Waals surface area contributed by atoms with Gasteiger partial charge >= 0.3 is 0 Å². The number of hydrogen-bond donors (Lipinski definition) is 0. The fraction of sp³-hybridized carbons (Fsp3) is 0.774. The molecule has 3 fully saturated rings. The summed E-state index contributed by atoms with van der Waals surface area (Å²) in [6, 6.07) is 3.51. The van der Waals surface area contributed by atoms with E-state index in [4.69, 9.17) is 14.2 Å². The number of likely N-dealkylation sites (tertiary alicyclic amines) is 2. The average Bonchev–Trinajstić information content (AvgIpc) is 2.93. The molecule has 0 bridgehead atoms. The van der Waals surface area contributed by atoms with Crippen LogP contribution in [0.5, 0.6) is 5.75 Å². The lowest BCUT2D eigenvalue weighted by atomic mass is 9.92. The SMILES string of the molecule is COCC(=O)N1CCC(CCCN2CCCCC2)CC1.COc1cc(C)c(S(=O)(=O)N2CCOC(C)(C)C2)c(C)c1. The van der Waals surface area contributed by atoms with Gasteiger partial charge in [0.05, 0.1) is 24.2 Å². The monoisotopic (exact) mass is 595 g/mol. The maximum atomic E-state index is 12.9. The van der Waals surface area contributed by atoms with Gasteiger partial charge in [0.15, 0.2) is 0 Å². The number of methoxy groups -OCH3 is 2. The molecule has 0 spiro atoms. The van der Waals surface area contributed by atoms with Crippen LogP contribution in [0.3, 0.4) is 0 Å². The van der Waals surface area contributed by atoms with Crippen molar-refractivity contribution in [2.75, 3.05) is 73.2 Å². The summed E-state index contributed by atoms with van der Waals surface area (Å²) in [4.78, 5) is 16.7. The van der Waals surface area contributed by atoms with Crippen LogP contribution in [0.15, 0.2) is 17.0 Å². The van der Waals surface area contributed by atoms with Gasteiger partial charge in [-0.1, -0.05) is 6.42 Å². The molecule has 3 aliphatic heterocycles. The van der Waals surface area contributed by atoms with E-state index in [1.54, 1.807) is 40.2 Å². The molecule has 0 aliphatic carbocycles. The molecule has 1 aromatic rings. The molecule has 9 nitrogen and oxygen atoms in total. The van der Waals surface area contributed by atoms with Crippen LogP contribution >= 0.6 is 0 Å². The van der Waals surface area contributed by atoms with Crippen molar-refractivity contribution < 1.29 is 27.4 Å². The molecule has 0 unspecified atom stereocenters. The molecule has 0 N–H and O–H groups in total. The lowest BCUT2D eigenvalue weighted by molar-refractivity contribution is -0.136. The second-order valence-corrected chi connectivity index (χ2v) is 14.2. The Hall–Kier alpha value is -1.72. The second kappa shape index (κ2) is 15.7. The Morgan fingerprint density at radius 1 is 1.00 bits per heavy atom. The van der Waals surface area contributed by atoms with E-state index in [0.29, 0.717) is 41.5 Å². The molecule has 234 valence electrons. The third-order valence-electron chi connectivity index (χ3n) is 8.43. The molecular weight excluding hydrogens is 542 g/mol. The predicted molar refractivity (Wildman–Crippen MR) is 162 cm³/mol. The van der Waals surface area contributed by atoms with Crippen LogP contribution < -0.4 is 4.74 Å². The van der Waals surface area contributed by atoms with E-state index in [1.165, 1.54) is 68.9 Å². The molecule has 3 heterocycles. The molecule has 1 amide bonds. The molecule has 0 aromatic heterocycles. The quantitative estimate of drug-likeness (QED) is 0.422. The van der Waals surface area contributed by atoms with Gasteiger partial charge in [0.25, 0.3) is 0 Å². The van der Waals surface area contributed by atoms with Crippen LogP contribution in [-0.2, 0) is 24.3 Å². The van der Waals surface area contributed by atoms with E-state index >= 15 is 0 Å². The zero-order valence-electron chi connectivity index (χ0n) is 26.2. The Bertz CT molecular complexity index is 1060. The Kier molecular flexibility index (Phi) is 12.9. The normalized spacial score (nSPS) is 20.8. The average molecular weight is 596 g/mol. The largest absolute Gasteiger partial charge is 0.497 e. The molecule has 0 saturated carbocycles. The van der Waals surface area contributed by atoms with E-state index < -0.39 is 15.6 Å². The summed E-state index contributed by atoms with van der Waals surface area (Å²) in [5, 5.41) is 0. The van der Waals surface area contributed by atoms with Gasteiger partial charge in [-0.05, 0) is 115 Å². The van der Waals surface area contributed by atoms with Gasteiger partial charge in [-0.2, -0.15) is 4.31 Å². The number of nitrogens with zero attached hydrogens (tertiary/aromatic N) is 3. The van der Waals surface area contributed by atoms with Crippen molar-refractivity contribution in [3.05, 3.63) is 23.3 Å². The van der Waals surface area contributed by atoms with E-state index in [9.17, 15) is 13.2 Å². The first-order chi connectivity index (χ1) is 19.5. The van der Waals surface area contributed by atoms with Gasteiger partial charge in [0, 0.05) is 33.3 Å². The van der Waals surface area contributed by atoms with Gasteiger partial charge in [-0.25, -0.2) is 8.42 Å². The zero-order chi connectivity index (χ0) is 30.0. The summed E-state index contributed by atoms with van der Waals surface area (Å²) in [5.41, 5.74) is 0.951. The van der Waals surface area contributed by atoms with E-state index in [-0.39, 0.29) is 12.5 Å². The topological polar surface area (TPSA) is 88.6 Å². The molecule has 4 rings (SSSR count). The molecule has 3 saturated heterocycles. The fourth-order valence-corrected chi connectivity index (χ4v) is 8.20. The van der Waals surface area contributed by atoms with Crippen LogP contribution in [0.4, 0.5) is 0 Å². The third-order valence-corrected chi connectivity index (χ3v) is 10.6. The van der Waals surface area contributed by atoms with Crippen LogP contribution in [0.1, 0.15) is 69.9 Å². The minimum absolute atomic E-state index is 0.152. The number of carbonyl (C=O) groups excluding carboxylic acids is 1. The first-order valence-corrected chi connectivity index (χ1v) is 16.7. The highest BCUT2D eigenvalue weighted by Crippen LogP contribution is 2.30. The van der Waals surface area contributed by atoms with Crippen LogP contribution in [0.2, 0.25) is 0 Å². The first-order valence-electron chi connectivity index (χ1n) is 15.3. The minimum Gasteiger partial charge on any atom is -0.497 e. The standard InChI is InChI=1S/C16H30N2O2.C15H23NO4S/c1-20-14-16(19)18-12-7-15(8-13-18)6-5-11-17-9-3-2-4-10-17;1-11-8-13(19-5)9-12(2)14(11)21(17,18)16-6-7-20-15(3,4)10-16/h15H,2-14H2,1H3;8-9H,6-7,10H2,1-5H3. The number of rotatable bonds is 9. The second-order valence-electron chi connectivity index (χ2n) is 12.3. The Labute approximate surface area is 248 Å². The third kappa shape index (κ3) is 9.92. The van der Waals surface area contributed by atoms with Crippen molar-refractivity contribution in [1.82, 2.24) is 14.1 Å². The summed E-state index contributed by atoms with van der Waals surface area (Å²) >= 11 is 0. The summed E-state index contributed by atoms with van der Waals surface area (Å²) < 4.78 is 43.1. The highest BCUT2D eigenvalue weighted by molar-refractivity contribution is 7.89. The maximum Gasteiger partial charge on any atom is 0.248 e. The van der Waals surface area contributed by atoms with E-state index in [1.807, 2.05) is 18.7 Å². The molecule has 0 atom stereocenters. The van der Waals surface area contributed by atoms with Crippen molar-refractivity contribution in [3.63, 3.8) is 0 Å². The molecule has 10 heteroatoms. The number of benzene rings is 1. The van der Waals surface area contributed by atoms with Gasteiger partial charge in [0.2, 0.25) is 15.9 Å². The summed E-state index contributed by atoms with van der Waals surface area (Å²) in [6.07, 6.45) is 9.22. The number of morpholine rings is 1. The molecular formula is C31H53N3O6S. The highest BCUT2D eigenvalue weighted by atomic mass is 32.2. The highest BCUT2D eigenvalue weighted by Gasteiger charge is 2.36. The Balaban J connectivity index is 0.000000226. The van der Waals surface area contributed by atoms with Crippen LogP contribution in [0.25, 0.3) is 0 Å². The van der Waals surface area contributed by atoms with Crippen LogP contribution in [0, 0.1) is 19.8 Å². The van der Waals surface area contributed by atoms with Gasteiger partial charge in [-0.15, -0.1) is 0 Å². The Morgan fingerprint density at radius 2 is 1.63 bits per heavy atom. The van der Waals surface area contributed by atoms with Crippen LogP contribution in [-0.4, -0.2) is 107 Å². The Morgan fingerprint density at radius 3 is 2.20 bits per heavy atom. The van der Waals surface area contributed by atoms with Crippen molar-refractivity contribution in [2.24, 2.45) is 5.92 Å².